The molecular weight excluding hydrogens is 369 g/mol. The van der Waals surface area contributed by atoms with E-state index in [1.165, 1.54) is 47.3 Å². The maximum Gasteiger partial charge on any atom is -0.0349 e. The lowest BCUT2D eigenvalue weighted by atomic mass is 10.0. The van der Waals surface area contributed by atoms with Gasteiger partial charge < -0.3 is 0 Å². The number of hydrogen-bond acceptors (Lipinski definition) is 0. The lowest BCUT2D eigenvalue weighted by molar-refractivity contribution is 0.434. The smallest absolute Gasteiger partial charge is 0.0349 e. The van der Waals surface area contributed by atoms with Gasteiger partial charge in [0.25, 0.3) is 0 Å². The van der Waals surface area contributed by atoms with Crippen LogP contribution in [0.4, 0.5) is 0 Å². The van der Waals surface area contributed by atoms with Gasteiger partial charge in [-0.2, -0.15) is 0 Å². The molecular formula is C23H41P3. The Morgan fingerprint density at radius 1 is 0.615 bits per heavy atom. The Hall–Kier alpha value is 0.410. The summed E-state index contributed by atoms with van der Waals surface area (Å²) in [4.78, 5) is 0. The summed E-state index contributed by atoms with van der Waals surface area (Å²) in [7, 11) is 1.72. The van der Waals surface area contributed by atoms with Gasteiger partial charge in [-0.15, -0.1) is 20.8 Å². The van der Waals surface area contributed by atoms with Crippen LogP contribution >= 0.6 is 25.1 Å². The first-order valence-corrected chi connectivity index (χ1v) is 16.0. The van der Waals surface area contributed by atoms with Crippen LogP contribution in [0.25, 0.3) is 0 Å². The van der Waals surface area contributed by atoms with Crippen LogP contribution in [0.2, 0.25) is 0 Å². The van der Waals surface area contributed by atoms with Crippen molar-refractivity contribution in [1.82, 2.24) is 0 Å². The van der Waals surface area contributed by atoms with E-state index in [2.05, 4.69) is 31.3 Å². The molecule has 0 saturated heterocycles. The summed E-state index contributed by atoms with van der Waals surface area (Å²) in [6.45, 7) is 14.6. The summed E-state index contributed by atoms with van der Waals surface area (Å²) >= 11 is 0. The third kappa shape index (κ3) is 7.44. The lowest BCUT2D eigenvalue weighted by Crippen LogP contribution is -2.00. The average Bonchev–Trinajstić information content (AvgIpc) is 3.46. The highest BCUT2D eigenvalue weighted by Gasteiger charge is 2.70. The molecule has 0 aliphatic heterocycles. The first-order valence-electron chi connectivity index (χ1n) is 10.4. The van der Waals surface area contributed by atoms with Gasteiger partial charge in [0, 0.05) is 0 Å². The molecule has 148 valence electrons. The molecule has 0 nitrogen and oxygen atoms in total. The topological polar surface area (TPSA) is 0 Å². The van der Waals surface area contributed by atoms with Crippen LogP contribution in [0.15, 0.2) is 0 Å². The third-order valence-corrected chi connectivity index (χ3v) is 6.63. The molecule has 5 aliphatic rings. The minimum absolute atomic E-state index is 0.380. The molecule has 0 aromatic heterocycles. The summed E-state index contributed by atoms with van der Waals surface area (Å²) in [6.07, 6.45) is 16.2. The molecule has 2 atom stereocenters. The minimum atomic E-state index is 0.380. The predicted molar refractivity (Wildman–Crippen MR) is 129 cm³/mol. The maximum absolute atomic E-state index is 4.79. The Balaban J connectivity index is 0.000000207. The zero-order valence-electron chi connectivity index (χ0n) is 18.0. The fourth-order valence-electron chi connectivity index (χ4n) is 4.88. The van der Waals surface area contributed by atoms with Crippen LogP contribution in [0.1, 0.15) is 39.5 Å². The highest BCUT2D eigenvalue weighted by Crippen LogP contribution is 2.77. The monoisotopic (exact) mass is 410 g/mol. The van der Waals surface area contributed by atoms with Crippen LogP contribution in [0, 0.1) is 71.5 Å². The standard InChI is InChI=1S/C12H16.C3H9P.2C3H5P.C2H6/c1-5-6(1)8-3-10(8)12-4-11(12)9-2-7(5)9;1-4(2)3;2*1-3-4-2;1-2/h5-12H,1-4H2;1-3H3;2*1,4H,2H3;1-2H3. The van der Waals surface area contributed by atoms with Gasteiger partial charge in [0.15, 0.2) is 0 Å². The van der Waals surface area contributed by atoms with Crippen LogP contribution in [0.5, 0.6) is 0 Å². The second-order valence-electron chi connectivity index (χ2n) is 8.38. The van der Waals surface area contributed by atoms with Crippen LogP contribution in [-0.2, 0) is 0 Å². The van der Waals surface area contributed by atoms with E-state index in [1.807, 2.05) is 27.2 Å². The van der Waals surface area contributed by atoms with Gasteiger partial charge in [0.1, 0.15) is 0 Å². The van der Waals surface area contributed by atoms with Crippen LogP contribution in [-0.4, -0.2) is 33.3 Å². The number of fused-ring (bicyclic) bond motifs is 8. The summed E-state index contributed by atoms with van der Waals surface area (Å²) in [5.74, 6) is 10.0. The predicted octanol–water partition coefficient (Wildman–Crippen LogP) is 6.70. The number of rotatable bonds is 0. The maximum atomic E-state index is 4.79. The van der Waals surface area contributed by atoms with E-state index < -0.39 is 0 Å². The number of terminal acetylenes is 2. The average molecular weight is 411 g/mol. The molecule has 0 spiro atoms. The molecule has 0 bridgehead atoms. The van der Waals surface area contributed by atoms with Crippen molar-refractivity contribution in [3.63, 3.8) is 0 Å². The van der Waals surface area contributed by atoms with Crippen molar-refractivity contribution >= 4 is 25.1 Å². The first-order chi connectivity index (χ1) is 12.5. The number of hydrogen-bond donors (Lipinski definition) is 0. The van der Waals surface area contributed by atoms with Crippen molar-refractivity contribution in [2.45, 2.75) is 39.5 Å². The molecule has 5 aliphatic carbocycles. The van der Waals surface area contributed by atoms with Crippen LogP contribution in [0.3, 0.4) is 0 Å². The quantitative estimate of drug-likeness (QED) is 0.237. The van der Waals surface area contributed by atoms with E-state index in [9.17, 15) is 0 Å². The van der Waals surface area contributed by atoms with Gasteiger partial charge in [-0.1, -0.05) is 25.2 Å². The molecule has 0 radical (unpaired) electrons. The van der Waals surface area contributed by atoms with Crippen molar-refractivity contribution in [3.8, 4) is 24.2 Å². The van der Waals surface area contributed by atoms with Crippen molar-refractivity contribution < 1.29 is 0 Å². The molecule has 0 aromatic carbocycles. The van der Waals surface area contributed by atoms with Gasteiger partial charge in [-0.25, -0.2) is 0 Å². The molecule has 0 heterocycles. The molecule has 26 heavy (non-hydrogen) atoms. The summed E-state index contributed by atoms with van der Waals surface area (Å²) < 4.78 is 0. The first kappa shape index (κ1) is 24.4. The highest BCUT2D eigenvalue weighted by atomic mass is 31.1. The third-order valence-electron chi connectivity index (χ3n) is 6.05. The molecule has 5 rings (SSSR count). The van der Waals surface area contributed by atoms with Crippen molar-refractivity contribution in [3.05, 3.63) is 0 Å². The fraction of sp³-hybridized carbons (Fsp3) is 0.826. The zero-order valence-corrected chi connectivity index (χ0v) is 20.9. The second-order valence-corrected chi connectivity index (χ2v) is 12.6. The van der Waals surface area contributed by atoms with E-state index in [0.29, 0.717) is 25.1 Å². The van der Waals surface area contributed by atoms with Gasteiger partial charge >= 0.3 is 0 Å². The van der Waals surface area contributed by atoms with E-state index in [4.69, 9.17) is 12.8 Å². The van der Waals surface area contributed by atoms with Crippen LogP contribution < -0.4 is 0 Å². The molecule has 0 N–H and O–H groups in total. The largest absolute Gasteiger partial charge is 0.116 e. The SMILES string of the molecule is C#CPC.C#CPC.C1C2C1C1CC1C1CC1C1CC21.CC.CP(C)C. The Morgan fingerprint density at radius 3 is 0.808 bits per heavy atom. The Bertz CT molecular complexity index is 374. The van der Waals surface area contributed by atoms with E-state index in [-0.39, 0.29) is 0 Å². The zero-order chi connectivity index (χ0) is 19.9. The normalized spacial score (nSPS) is 41.0. The van der Waals surface area contributed by atoms with Crippen molar-refractivity contribution in [2.75, 3.05) is 33.3 Å². The molecule has 3 heteroatoms. The summed E-state index contributed by atoms with van der Waals surface area (Å²) in [5.41, 5.74) is 4.92. The minimum Gasteiger partial charge on any atom is -0.116 e. The highest BCUT2D eigenvalue weighted by molar-refractivity contribution is 7.55. The van der Waals surface area contributed by atoms with Crippen molar-refractivity contribution in [2.24, 2.45) is 47.3 Å². The van der Waals surface area contributed by atoms with Crippen molar-refractivity contribution in [1.29, 1.82) is 0 Å². The van der Waals surface area contributed by atoms with Gasteiger partial charge in [0.05, 0.1) is 0 Å². The van der Waals surface area contributed by atoms with Gasteiger partial charge in [-0.3, -0.25) is 0 Å². The summed E-state index contributed by atoms with van der Waals surface area (Å²) in [6, 6.07) is 0. The van der Waals surface area contributed by atoms with Gasteiger partial charge in [-0.05, 0) is 124 Å². The Morgan fingerprint density at radius 2 is 0.731 bits per heavy atom. The Kier molecular flexibility index (Phi) is 11.4. The molecule has 5 saturated carbocycles. The molecule has 5 fully saturated rings. The molecule has 0 aromatic rings. The lowest BCUT2D eigenvalue weighted by Gasteiger charge is -2.03. The van der Waals surface area contributed by atoms with E-state index in [1.54, 1.807) is 25.7 Å². The van der Waals surface area contributed by atoms with E-state index in [0.717, 1.165) is 0 Å². The fourth-order valence-corrected chi connectivity index (χ4v) is 4.88. The van der Waals surface area contributed by atoms with Gasteiger partial charge in [0.2, 0.25) is 0 Å². The molecule has 0 amide bonds. The molecule has 2 unspecified atom stereocenters. The van der Waals surface area contributed by atoms with E-state index >= 15 is 0 Å². The summed E-state index contributed by atoms with van der Waals surface area (Å²) in [5, 5.41) is 0. The Labute approximate surface area is 169 Å². The second kappa shape index (κ2) is 12.1.